The first-order valence-corrected chi connectivity index (χ1v) is 7.15. The molecule has 20 heavy (non-hydrogen) atoms. The van der Waals surface area contributed by atoms with Crippen molar-refractivity contribution in [2.45, 2.75) is 0 Å². The molecule has 4 rings (SSSR count). The molecule has 0 aliphatic heterocycles. The van der Waals surface area contributed by atoms with E-state index in [1.807, 2.05) is 29.6 Å². The van der Waals surface area contributed by atoms with Gasteiger partial charge in [0.1, 0.15) is 5.82 Å². The molecule has 0 amide bonds. The van der Waals surface area contributed by atoms with E-state index in [0.717, 1.165) is 20.9 Å². The van der Waals surface area contributed by atoms with E-state index in [2.05, 4.69) is 0 Å². The minimum atomic E-state index is -0.381. The first-order chi connectivity index (χ1) is 9.75. The monoisotopic (exact) mass is 280 g/mol. The second-order valence-electron chi connectivity index (χ2n) is 4.73. The molecule has 0 atom stereocenters. The SMILES string of the molecule is O=c1c2cc(F)ccc2c2ccsc2c2ccccc12. The van der Waals surface area contributed by atoms with Crippen LogP contribution in [0.5, 0.6) is 0 Å². The van der Waals surface area contributed by atoms with Gasteiger partial charge < -0.3 is 0 Å². The summed E-state index contributed by atoms with van der Waals surface area (Å²) in [6, 6.07) is 13.9. The average molecular weight is 280 g/mol. The van der Waals surface area contributed by atoms with Crippen molar-refractivity contribution in [3.63, 3.8) is 0 Å². The molecule has 1 aromatic heterocycles. The summed E-state index contributed by atoms with van der Waals surface area (Å²) in [4.78, 5) is 12.7. The van der Waals surface area contributed by atoms with Crippen molar-refractivity contribution < 1.29 is 4.39 Å². The lowest BCUT2D eigenvalue weighted by atomic mass is 10.1. The summed E-state index contributed by atoms with van der Waals surface area (Å²) < 4.78 is 14.6. The Morgan fingerprint density at radius 3 is 2.40 bits per heavy atom. The highest BCUT2D eigenvalue weighted by atomic mass is 32.1. The predicted octanol–water partition coefficient (Wildman–Crippen LogP) is 4.71. The van der Waals surface area contributed by atoms with Gasteiger partial charge in [-0.3, -0.25) is 4.79 Å². The van der Waals surface area contributed by atoms with Gasteiger partial charge in [0.15, 0.2) is 5.43 Å². The molecular formula is C17H9FOS. The lowest BCUT2D eigenvalue weighted by Gasteiger charge is -1.93. The summed E-state index contributed by atoms with van der Waals surface area (Å²) in [5, 5.41) is 5.83. The quantitative estimate of drug-likeness (QED) is 0.456. The zero-order chi connectivity index (χ0) is 13.7. The van der Waals surface area contributed by atoms with Gasteiger partial charge >= 0.3 is 0 Å². The Morgan fingerprint density at radius 1 is 0.800 bits per heavy atom. The highest BCUT2D eigenvalue weighted by molar-refractivity contribution is 7.18. The minimum absolute atomic E-state index is 0.112. The van der Waals surface area contributed by atoms with Crippen LogP contribution < -0.4 is 5.43 Å². The van der Waals surface area contributed by atoms with Gasteiger partial charge in [0, 0.05) is 26.2 Å². The van der Waals surface area contributed by atoms with E-state index in [0.29, 0.717) is 10.8 Å². The summed E-state index contributed by atoms with van der Waals surface area (Å²) in [5.41, 5.74) is -0.112. The van der Waals surface area contributed by atoms with Crippen LogP contribution >= 0.6 is 11.3 Å². The lowest BCUT2D eigenvalue weighted by Crippen LogP contribution is -1.98. The highest BCUT2D eigenvalue weighted by Gasteiger charge is 2.10. The summed E-state index contributed by atoms with van der Waals surface area (Å²) >= 11 is 1.61. The maximum atomic E-state index is 13.5. The van der Waals surface area contributed by atoms with Crippen LogP contribution in [0, 0.1) is 5.82 Å². The Labute approximate surface area is 117 Å². The van der Waals surface area contributed by atoms with E-state index in [9.17, 15) is 9.18 Å². The predicted molar refractivity (Wildman–Crippen MR) is 83.1 cm³/mol. The van der Waals surface area contributed by atoms with Crippen molar-refractivity contribution in [2.24, 2.45) is 0 Å². The van der Waals surface area contributed by atoms with Crippen molar-refractivity contribution in [1.29, 1.82) is 0 Å². The Kier molecular flexibility index (Phi) is 2.38. The summed E-state index contributed by atoms with van der Waals surface area (Å²) in [6.45, 7) is 0. The summed E-state index contributed by atoms with van der Waals surface area (Å²) in [6.07, 6.45) is 0. The van der Waals surface area contributed by atoms with Crippen molar-refractivity contribution in [2.75, 3.05) is 0 Å². The van der Waals surface area contributed by atoms with E-state index in [1.165, 1.54) is 12.1 Å². The van der Waals surface area contributed by atoms with E-state index in [-0.39, 0.29) is 11.2 Å². The molecule has 0 radical (unpaired) electrons. The molecule has 0 unspecified atom stereocenters. The third-order valence-corrected chi connectivity index (χ3v) is 4.55. The fraction of sp³-hybridized carbons (Fsp3) is 0. The molecule has 3 aromatic carbocycles. The maximum absolute atomic E-state index is 13.5. The molecule has 4 aromatic rings. The van der Waals surface area contributed by atoms with Gasteiger partial charge in [0.05, 0.1) is 0 Å². The smallest absolute Gasteiger partial charge is 0.194 e. The molecule has 1 nitrogen and oxygen atoms in total. The summed E-state index contributed by atoms with van der Waals surface area (Å²) in [5.74, 6) is -0.381. The molecule has 1 heterocycles. The van der Waals surface area contributed by atoms with Gasteiger partial charge in [-0.25, -0.2) is 4.39 Å². The van der Waals surface area contributed by atoms with E-state index < -0.39 is 0 Å². The molecule has 0 spiro atoms. The zero-order valence-corrected chi connectivity index (χ0v) is 11.2. The standard InChI is InChI=1S/C17H9FOS/c18-10-5-6-11-14-7-8-20-17(14)13-4-2-1-3-12(13)16(19)15(11)9-10/h1-9H. The zero-order valence-electron chi connectivity index (χ0n) is 10.4. The van der Waals surface area contributed by atoms with Crippen LogP contribution in [-0.2, 0) is 0 Å². The van der Waals surface area contributed by atoms with Crippen LogP contribution in [0.15, 0.2) is 58.7 Å². The van der Waals surface area contributed by atoms with Crippen LogP contribution in [0.25, 0.3) is 31.6 Å². The molecule has 0 aliphatic rings. The fourth-order valence-corrected chi connectivity index (χ4v) is 3.64. The number of thiophene rings is 1. The van der Waals surface area contributed by atoms with Gasteiger partial charge in [-0.15, -0.1) is 11.3 Å². The number of fused-ring (bicyclic) bond motifs is 5. The highest BCUT2D eigenvalue weighted by Crippen LogP contribution is 2.32. The van der Waals surface area contributed by atoms with E-state index in [4.69, 9.17) is 0 Å². The second-order valence-corrected chi connectivity index (χ2v) is 5.64. The van der Waals surface area contributed by atoms with Crippen molar-refractivity contribution >= 4 is 43.0 Å². The van der Waals surface area contributed by atoms with E-state index >= 15 is 0 Å². The Balaban J connectivity index is 2.51. The molecule has 0 fully saturated rings. The lowest BCUT2D eigenvalue weighted by molar-refractivity contribution is 0.630. The molecule has 0 saturated carbocycles. The molecule has 0 aliphatic carbocycles. The van der Waals surface area contributed by atoms with Crippen LogP contribution in [0.3, 0.4) is 0 Å². The second kappa shape index (κ2) is 4.12. The first-order valence-electron chi connectivity index (χ1n) is 6.27. The maximum Gasteiger partial charge on any atom is 0.194 e. The summed E-state index contributed by atoms with van der Waals surface area (Å²) in [7, 11) is 0. The third-order valence-electron chi connectivity index (χ3n) is 3.60. The number of halogens is 1. The molecular weight excluding hydrogens is 271 g/mol. The van der Waals surface area contributed by atoms with Crippen LogP contribution in [0.2, 0.25) is 0 Å². The molecule has 0 saturated heterocycles. The van der Waals surface area contributed by atoms with Gasteiger partial charge in [0.2, 0.25) is 0 Å². The number of rotatable bonds is 0. The normalized spacial score (nSPS) is 11.4. The van der Waals surface area contributed by atoms with Gasteiger partial charge in [-0.1, -0.05) is 30.3 Å². The molecule has 0 N–H and O–H groups in total. The number of hydrogen-bond acceptors (Lipinski definition) is 2. The van der Waals surface area contributed by atoms with Gasteiger partial charge in [0.25, 0.3) is 0 Å². The van der Waals surface area contributed by atoms with Gasteiger partial charge in [-0.2, -0.15) is 0 Å². The average Bonchev–Trinajstić information content (AvgIpc) is 2.92. The minimum Gasteiger partial charge on any atom is -0.289 e. The van der Waals surface area contributed by atoms with Crippen LogP contribution in [0.4, 0.5) is 4.39 Å². The topological polar surface area (TPSA) is 17.1 Å². The largest absolute Gasteiger partial charge is 0.289 e. The molecule has 0 bridgehead atoms. The first kappa shape index (κ1) is 11.6. The third kappa shape index (κ3) is 1.50. The molecule has 3 heteroatoms. The Bertz CT molecular complexity index is 1030. The number of benzene rings is 2. The fourth-order valence-electron chi connectivity index (χ4n) is 2.69. The Morgan fingerprint density at radius 2 is 1.55 bits per heavy atom. The van der Waals surface area contributed by atoms with Crippen molar-refractivity contribution in [3.8, 4) is 0 Å². The van der Waals surface area contributed by atoms with Crippen LogP contribution in [0.1, 0.15) is 0 Å². The van der Waals surface area contributed by atoms with Gasteiger partial charge in [-0.05, 0) is 29.0 Å². The van der Waals surface area contributed by atoms with Crippen molar-refractivity contribution in [3.05, 3.63) is 70.0 Å². The number of hydrogen-bond donors (Lipinski definition) is 0. The van der Waals surface area contributed by atoms with Crippen molar-refractivity contribution in [1.82, 2.24) is 0 Å². The van der Waals surface area contributed by atoms with E-state index in [1.54, 1.807) is 23.5 Å². The Hall–Kier alpha value is -2.26. The van der Waals surface area contributed by atoms with Crippen LogP contribution in [-0.4, -0.2) is 0 Å². The molecule has 96 valence electrons.